The van der Waals surface area contributed by atoms with E-state index in [1.54, 1.807) is 16.9 Å². The largest absolute Gasteiger partial charge is 0.310 e. The number of aromatic nitrogens is 2. The summed E-state index contributed by atoms with van der Waals surface area (Å²) in [6.45, 7) is 3.98. The number of nitriles is 1. The van der Waals surface area contributed by atoms with Crippen molar-refractivity contribution in [3.8, 4) is 6.07 Å². The molecule has 1 aliphatic carbocycles. The van der Waals surface area contributed by atoms with Crippen LogP contribution in [-0.4, -0.2) is 15.7 Å². The first kappa shape index (κ1) is 11.6. The molecule has 0 bridgehead atoms. The molecular formula is C12H16N4O. The molecular weight excluding hydrogens is 216 g/mol. The highest BCUT2D eigenvalue weighted by molar-refractivity contribution is 5.97. The van der Waals surface area contributed by atoms with Crippen molar-refractivity contribution in [2.75, 3.05) is 5.32 Å². The summed E-state index contributed by atoms with van der Waals surface area (Å²) in [4.78, 5) is 12.0. The molecule has 0 unspecified atom stereocenters. The average Bonchev–Trinajstić information content (AvgIpc) is 2.65. The molecule has 0 aromatic carbocycles. The van der Waals surface area contributed by atoms with Gasteiger partial charge in [-0.15, -0.1) is 0 Å². The molecule has 1 aliphatic rings. The number of hydrogen-bond acceptors (Lipinski definition) is 3. The Hall–Kier alpha value is -1.83. The van der Waals surface area contributed by atoms with Crippen LogP contribution in [0, 0.1) is 16.7 Å². The molecule has 0 radical (unpaired) electrons. The molecule has 5 heteroatoms. The Bertz CT molecular complexity index is 465. The molecule has 5 nitrogen and oxygen atoms in total. The normalized spacial score (nSPS) is 17.3. The predicted octanol–water partition coefficient (Wildman–Crippen LogP) is 2.10. The van der Waals surface area contributed by atoms with Crippen LogP contribution in [0.5, 0.6) is 0 Å². The number of nitrogens with one attached hydrogen (secondary N) is 1. The standard InChI is InChI=1S/C12H16N4O/c1-9(2)16-10(4-7-14-16)15-11(17)12(8-13)5-3-6-12/h4,7,9H,3,5-6H2,1-2H3,(H,15,17). The van der Waals surface area contributed by atoms with Gasteiger partial charge in [0, 0.05) is 12.1 Å². The van der Waals surface area contributed by atoms with Gasteiger partial charge >= 0.3 is 0 Å². The fraction of sp³-hybridized carbons (Fsp3) is 0.583. The molecule has 2 rings (SSSR count). The Kier molecular flexibility index (Phi) is 2.88. The lowest BCUT2D eigenvalue weighted by molar-refractivity contribution is -0.126. The highest BCUT2D eigenvalue weighted by Crippen LogP contribution is 2.41. The van der Waals surface area contributed by atoms with Gasteiger partial charge in [0.1, 0.15) is 11.2 Å². The van der Waals surface area contributed by atoms with Crippen LogP contribution in [0.15, 0.2) is 12.3 Å². The average molecular weight is 232 g/mol. The molecule has 0 atom stereocenters. The highest BCUT2D eigenvalue weighted by Gasteiger charge is 2.44. The molecule has 17 heavy (non-hydrogen) atoms. The Morgan fingerprint density at radius 1 is 1.65 bits per heavy atom. The minimum absolute atomic E-state index is 0.180. The van der Waals surface area contributed by atoms with Crippen LogP contribution in [0.4, 0.5) is 5.82 Å². The molecule has 1 saturated carbocycles. The van der Waals surface area contributed by atoms with Crippen molar-refractivity contribution in [3.05, 3.63) is 12.3 Å². The first-order valence-corrected chi connectivity index (χ1v) is 5.85. The van der Waals surface area contributed by atoms with Crippen LogP contribution in [0.1, 0.15) is 39.2 Å². The van der Waals surface area contributed by atoms with Gasteiger partial charge in [0.2, 0.25) is 5.91 Å². The van der Waals surface area contributed by atoms with Crippen molar-refractivity contribution >= 4 is 11.7 Å². The smallest absolute Gasteiger partial charge is 0.245 e. The van der Waals surface area contributed by atoms with E-state index in [9.17, 15) is 4.79 Å². The number of hydrogen-bond donors (Lipinski definition) is 1. The van der Waals surface area contributed by atoms with Gasteiger partial charge in [-0.3, -0.25) is 4.79 Å². The number of nitrogens with zero attached hydrogens (tertiary/aromatic N) is 3. The molecule has 1 aromatic heterocycles. The maximum Gasteiger partial charge on any atom is 0.245 e. The predicted molar refractivity (Wildman–Crippen MR) is 63.1 cm³/mol. The van der Waals surface area contributed by atoms with Gasteiger partial charge in [0.15, 0.2) is 0 Å². The molecule has 1 fully saturated rings. The summed E-state index contributed by atoms with van der Waals surface area (Å²) in [5.41, 5.74) is -0.813. The topological polar surface area (TPSA) is 70.7 Å². The van der Waals surface area contributed by atoms with Crippen molar-refractivity contribution in [2.45, 2.75) is 39.2 Å². The van der Waals surface area contributed by atoms with Crippen molar-refractivity contribution in [1.29, 1.82) is 5.26 Å². The molecule has 1 heterocycles. The summed E-state index contributed by atoms with van der Waals surface area (Å²) in [5, 5.41) is 16.0. The fourth-order valence-electron chi connectivity index (χ4n) is 1.98. The Morgan fingerprint density at radius 3 is 2.82 bits per heavy atom. The molecule has 1 amide bonds. The first-order valence-electron chi connectivity index (χ1n) is 5.85. The summed E-state index contributed by atoms with van der Waals surface area (Å²) in [6, 6.07) is 4.07. The molecule has 90 valence electrons. The van der Waals surface area contributed by atoms with Gasteiger partial charge in [-0.05, 0) is 33.1 Å². The minimum Gasteiger partial charge on any atom is -0.310 e. The Labute approximate surface area is 100 Å². The van der Waals surface area contributed by atoms with Crippen molar-refractivity contribution < 1.29 is 4.79 Å². The van der Waals surface area contributed by atoms with E-state index in [0.29, 0.717) is 18.7 Å². The van der Waals surface area contributed by atoms with E-state index in [-0.39, 0.29) is 11.9 Å². The first-order chi connectivity index (χ1) is 8.09. The number of anilines is 1. The Morgan fingerprint density at radius 2 is 2.35 bits per heavy atom. The van der Waals surface area contributed by atoms with Crippen molar-refractivity contribution in [2.24, 2.45) is 5.41 Å². The zero-order valence-corrected chi connectivity index (χ0v) is 10.1. The van der Waals surface area contributed by atoms with Crippen LogP contribution < -0.4 is 5.32 Å². The van der Waals surface area contributed by atoms with E-state index in [1.807, 2.05) is 13.8 Å². The van der Waals surface area contributed by atoms with E-state index >= 15 is 0 Å². The third-order valence-corrected chi connectivity index (χ3v) is 3.26. The Balaban J connectivity index is 2.14. The van der Waals surface area contributed by atoms with E-state index in [1.165, 1.54) is 0 Å². The van der Waals surface area contributed by atoms with E-state index in [0.717, 1.165) is 6.42 Å². The monoisotopic (exact) mass is 232 g/mol. The highest BCUT2D eigenvalue weighted by atomic mass is 16.2. The number of rotatable bonds is 3. The van der Waals surface area contributed by atoms with Gasteiger partial charge in [-0.25, -0.2) is 4.68 Å². The summed E-state index contributed by atoms with van der Waals surface area (Å²) in [7, 11) is 0. The van der Waals surface area contributed by atoms with Crippen LogP contribution in [0.3, 0.4) is 0 Å². The maximum atomic E-state index is 12.0. The second kappa shape index (κ2) is 4.21. The number of carbonyl (C=O) groups excluding carboxylic acids is 1. The van der Waals surface area contributed by atoms with Crippen LogP contribution in [0.25, 0.3) is 0 Å². The number of amides is 1. The maximum absolute atomic E-state index is 12.0. The van der Waals surface area contributed by atoms with Crippen LogP contribution in [-0.2, 0) is 4.79 Å². The van der Waals surface area contributed by atoms with E-state index < -0.39 is 5.41 Å². The third-order valence-electron chi connectivity index (χ3n) is 3.26. The summed E-state index contributed by atoms with van der Waals surface area (Å²) in [6.07, 6.45) is 3.91. The van der Waals surface area contributed by atoms with Crippen LogP contribution in [0.2, 0.25) is 0 Å². The summed E-state index contributed by atoms with van der Waals surface area (Å²) < 4.78 is 1.74. The van der Waals surface area contributed by atoms with Gasteiger partial charge in [0.25, 0.3) is 0 Å². The molecule has 1 N–H and O–H groups in total. The van der Waals surface area contributed by atoms with Crippen molar-refractivity contribution in [3.63, 3.8) is 0 Å². The minimum atomic E-state index is -0.813. The van der Waals surface area contributed by atoms with E-state index in [4.69, 9.17) is 5.26 Å². The van der Waals surface area contributed by atoms with Crippen molar-refractivity contribution in [1.82, 2.24) is 9.78 Å². The van der Waals surface area contributed by atoms with Gasteiger partial charge < -0.3 is 5.32 Å². The van der Waals surface area contributed by atoms with Gasteiger partial charge in [-0.2, -0.15) is 10.4 Å². The second-order valence-corrected chi connectivity index (χ2v) is 4.76. The summed E-state index contributed by atoms with van der Waals surface area (Å²) >= 11 is 0. The lowest BCUT2D eigenvalue weighted by Crippen LogP contribution is -2.41. The van der Waals surface area contributed by atoms with Gasteiger partial charge in [-0.1, -0.05) is 0 Å². The lowest BCUT2D eigenvalue weighted by Gasteiger charge is -2.33. The van der Waals surface area contributed by atoms with Gasteiger partial charge in [0.05, 0.1) is 12.3 Å². The van der Waals surface area contributed by atoms with E-state index in [2.05, 4.69) is 16.5 Å². The zero-order valence-electron chi connectivity index (χ0n) is 10.1. The molecule has 1 aromatic rings. The quantitative estimate of drug-likeness (QED) is 0.867. The SMILES string of the molecule is CC(C)n1nccc1NC(=O)C1(C#N)CCC1. The molecule has 0 spiro atoms. The zero-order chi connectivity index (χ0) is 12.5. The summed E-state index contributed by atoms with van der Waals surface area (Å²) in [5.74, 6) is 0.458. The fourth-order valence-corrected chi connectivity index (χ4v) is 1.98. The molecule has 0 saturated heterocycles. The number of carbonyl (C=O) groups is 1. The third kappa shape index (κ3) is 1.91. The molecule has 0 aliphatic heterocycles. The van der Waals surface area contributed by atoms with Crippen LogP contribution >= 0.6 is 0 Å². The lowest BCUT2D eigenvalue weighted by atomic mass is 9.69. The second-order valence-electron chi connectivity index (χ2n) is 4.76.